The quantitative estimate of drug-likeness (QED) is 0.842. The van der Waals surface area contributed by atoms with Crippen LogP contribution in [0.15, 0.2) is 30.3 Å². The maximum atomic E-state index is 12.3. The summed E-state index contributed by atoms with van der Waals surface area (Å²) < 4.78 is 11.0. The summed E-state index contributed by atoms with van der Waals surface area (Å²) in [5, 5.41) is 6.14. The summed E-state index contributed by atoms with van der Waals surface area (Å²) in [7, 11) is 0. The topological polar surface area (TPSA) is 59.6 Å². The van der Waals surface area contributed by atoms with Crippen LogP contribution in [0, 0.1) is 0 Å². The Morgan fingerprint density at radius 1 is 1.29 bits per heavy atom. The molecule has 0 unspecified atom stereocenters. The van der Waals surface area contributed by atoms with Crippen LogP contribution in [-0.4, -0.2) is 44.0 Å². The summed E-state index contributed by atoms with van der Waals surface area (Å²) in [6.07, 6.45) is 4.45. The van der Waals surface area contributed by atoms with Crippen molar-refractivity contribution in [2.75, 3.05) is 19.8 Å². The molecule has 1 saturated heterocycles. The number of ether oxygens (including phenoxy) is 2. The molecule has 4 atom stereocenters. The van der Waals surface area contributed by atoms with Gasteiger partial charge in [0.15, 0.2) is 0 Å². The molecular weight excluding hydrogens is 304 g/mol. The molecule has 2 amide bonds. The third kappa shape index (κ3) is 4.71. The number of rotatable bonds is 6. The third-order valence-electron chi connectivity index (χ3n) is 4.91. The zero-order valence-electron chi connectivity index (χ0n) is 14.4. The molecule has 1 aromatic rings. The van der Waals surface area contributed by atoms with Gasteiger partial charge in [0.1, 0.15) is 0 Å². The molecule has 132 valence electrons. The summed E-state index contributed by atoms with van der Waals surface area (Å²) in [5.41, 5.74) is 1.32. The first kappa shape index (κ1) is 17.2. The number of hydrogen-bond donors (Lipinski definition) is 2. The molecule has 1 aliphatic carbocycles. The molecule has 1 aliphatic heterocycles. The summed E-state index contributed by atoms with van der Waals surface area (Å²) in [6.45, 7) is 3.93. The number of carbonyl (C=O) groups is 1. The van der Waals surface area contributed by atoms with E-state index in [4.69, 9.17) is 9.47 Å². The lowest BCUT2D eigenvalue weighted by atomic mass is 9.94. The summed E-state index contributed by atoms with van der Waals surface area (Å²) in [5.74, 6) is 0.416. The van der Waals surface area contributed by atoms with E-state index in [9.17, 15) is 4.79 Å². The van der Waals surface area contributed by atoms with Crippen molar-refractivity contribution >= 4 is 6.03 Å². The molecule has 0 radical (unpaired) electrons. The molecule has 24 heavy (non-hydrogen) atoms. The molecule has 2 fully saturated rings. The highest BCUT2D eigenvalue weighted by atomic mass is 16.5. The van der Waals surface area contributed by atoms with Crippen LogP contribution in [0.25, 0.3) is 0 Å². The Bertz CT molecular complexity index is 517. The minimum Gasteiger partial charge on any atom is -0.379 e. The minimum absolute atomic E-state index is 0.0119. The van der Waals surface area contributed by atoms with Gasteiger partial charge in [-0.3, -0.25) is 0 Å². The fourth-order valence-corrected chi connectivity index (χ4v) is 3.63. The van der Waals surface area contributed by atoms with Gasteiger partial charge >= 0.3 is 6.03 Å². The number of amides is 2. The van der Waals surface area contributed by atoms with Gasteiger partial charge in [0, 0.05) is 18.6 Å². The van der Waals surface area contributed by atoms with Gasteiger partial charge in [0.25, 0.3) is 0 Å². The van der Waals surface area contributed by atoms with Crippen molar-refractivity contribution in [1.82, 2.24) is 10.6 Å². The van der Waals surface area contributed by atoms with Gasteiger partial charge in [-0.25, -0.2) is 4.79 Å². The van der Waals surface area contributed by atoms with E-state index in [-0.39, 0.29) is 24.2 Å². The second kappa shape index (κ2) is 8.49. The van der Waals surface area contributed by atoms with Gasteiger partial charge in [0.05, 0.1) is 25.4 Å². The second-order valence-electron chi connectivity index (χ2n) is 6.89. The Morgan fingerprint density at radius 2 is 2.12 bits per heavy atom. The molecular formula is C19H28N2O3. The number of carbonyl (C=O) groups excluding carboxylic acids is 1. The van der Waals surface area contributed by atoms with Crippen molar-refractivity contribution in [1.29, 1.82) is 0 Å². The Balaban J connectivity index is 1.43. The van der Waals surface area contributed by atoms with Crippen molar-refractivity contribution in [3.05, 3.63) is 35.9 Å². The van der Waals surface area contributed by atoms with Crippen LogP contribution in [0.2, 0.25) is 0 Å². The first-order chi connectivity index (χ1) is 11.7. The molecule has 1 heterocycles. The zero-order valence-corrected chi connectivity index (χ0v) is 14.4. The van der Waals surface area contributed by atoms with Crippen LogP contribution < -0.4 is 10.6 Å². The van der Waals surface area contributed by atoms with Gasteiger partial charge < -0.3 is 20.1 Å². The summed E-state index contributed by atoms with van der Waals surface area (Å²) >= 11 is 0. The SMILES string of the molecule is C[C@H](CO[C@@H]1CCOC1)NC(=O)N[C@@H]1CCC[C@H]1c1ccccc1. The molecule has 2 aliphatic rings. The van der Waals surface area contributed by atoms with Crippen LogP contribution >= 0.6 is 0 Å². The van der Waals surface area contributed by atoms with E-state index in [0.717, 1.165) is 32.3 Å². The van der Waals surface area contributed by atoms with E-state index in [1.165, 1.54) is 5.56 Å². The molecule has 3 rings (SSSR count). The number of nitrogens with one attached hydrogen (secondary N) is 2. The lowest BCUT2D eigenvalue weighted by molar-refractivity contribution is 0.0337. The van der Waals surface area contributed by atoms with Gasteiger partial charge in [-0.1, -0.05) is 36.8 Å². The van der Waals surface area contributed by atoms with E-state index < -0.39 is 0 Å². The van der Waals surface area contributed by atoms with Crippen molar-refractivity contribution < 1.29 is 14.3 Å². The van der Waals surface area contributed by atoms with E-state index >= 15 is 0 Å². The molecule has 1 aromatic carbocycles. The maximum absolute atomic E-state index is 12.3. The van der Waals surface area contributed by atoms with Crippen molar-refractivity contribution in [3.63, 3.8) is 0 Å². The van der Waals surface area contributed by atoms with E-state index in [2.05, 4.69) is 34.9 Å². The Morgan fingerprint density at radius 3 is 2.88 bits per heavy atom. The molecule has 1 saturated carbocycles. The molecule has 5 nitrogen and oxygen atoms in total. The minimum atomic E-state index is -0.0957. The number of benzene rings is 1. The van der Waals surface area contributed by atoms with Gasteiger partial charge in [0.2, 0.25) is 0 Å². The Labute approximate surface area is 144 Å². The lowest BCUT2D eigenvalue weighted by Gasteiger charge is -2.23. The standard InChI is InChI=1S/C19H28N2O3/c1-14(12-24-16-10-11-23-13-16)20-19(22)21-18-9-5-8-17(18)15-6-3-2-4-7-15/h2-4,6-7,14,16-18H,5,8-13H2,1H3,(H2,20,21,22)/t14-,16-,17+,18-/m1/s1. The van der Waals surface area contributed by atoms with Crippen LogP contribution in [0.5, 0.6) is 0 Å². The average Bonchev–Trinajstić information content (AvgIpc) is 3.25. The monoisotopic (exact) mass is 332 g/mol. The largest absolute Gasteiger partial charge is 0.379 e. The fourth-order valence-electron chi connectivity index (χ4n) is 3.63. The summed E-state index contributed by atoms with van der Waals surface area (Å²) in [6, 6.07) is 10.6. The Hall–Kier alpha value is -1.59. The second-order valence-corrected chi connectivity index (χ2v) is 6.89. The molecule has 0 aromatic heterocycles. The van der Waals surface area contributed by atoms with Crippen LogP contribution in [-0.2, 0) is 9.47 Å². The predicted molar refractivity (Wildman–Crippen MR) is 93.1 cm³/mol. The van der Waals surface area contributed by atoms with Crippen LogP contribution in [0.1, 0.15) is 44.1 Å². The third-order valence-corrected chi connectivity index (χ3v) is 4.91. The lowest BCUT2D eigenvalue weighted by Crippen LogP contribution is -2.47. The highest BCUT2D eigenvalue weighted by molar-refractivity contribution is 5.74. The van der Waals surface area contributed by atoms with Crippen molar-refractivity contribution in [2.45, 2.75) is 56.7 Å². The normalized spacial score (nSPS) is 27.8. The predicted octanol–water partition coefficient (Wildman–Crippen LogP) is 2.82. The van der Waals surface area contributed by atoms with E-state index in [1.807, 2.05) is 13.0 Å². The summed E-state index contributed by atoms with van der Waals surface area (Å²) in [4.78, 5) is 12.3. The molecule has 2 N–H and O–H groups in total. The average molecular weight is 332 g/mol. The first-order valence-electron chi connectivity index (χ1n) is 9.03. The van der Waals surface area contributed by atoms with E-state index in [0.29, 0.717) is 19.1 Å². The maximum Gasteiger partial charge on any atom is 0.315 e. The molecule has 5 heteroatoms. The zero-order chi connectivity index (χ0) is 16.8. The number of hydrogen-bond acceptors (Lipinski definition) is 3. The first-order valence-corrected chi connectivity index (χ1v) is 9.03. The highest BCUT2D eigenvalue weighted by Crippen LogP contribution is 2.34. The van der Waals surface area contributed by atoms with Gasteiger partial charge in [-0.15, -0.1) is 0 Å². The van der Waals surface area contributed by atoms with Crippen molar-refractivity contribution in [3.8, 4) is 0 Å². The van der Waals surface area contributed by atoms with Gasteiger partial charge in [-0.2, -0.15) is 0 Å². The van der Waals surface area contributed by atoms with Crippen LogP contribution in [0.4, 0.5) is 4.79 Å². The smallest absolute Gasteiger partial charge is 0.315 e. The number of urea groups is 1. The molecule has 0 bridgehead atoms. The highest BCUT2D eigenvalue weighted by Gasteiger charge is 2.30. The van der Waals surface area contributed by atoms with E-state index in [1.54, 1.807) is 0 Å². The van der Waals surface area contributed by atoms with Crippen molar-refractivity contribution in [2.24, 2.45) is 0 Å². The van der Waals surface area contributed by atoms with Crippen LogP contribution in [0.3, 0.4) is 0 Å². The van der Waals surface area contributed by atoms with Gasteiger partial charge in [-0.05, 0) is 31.7 Å². The Kier molecular flexibility index (Phi) is 6.10. The molecule has 0 spiro atoms. The fraction of sp³-hybridized carbons (Fsp3) is 0.632.